The highest BCUT2D eigenvalue weighted by atomic mass is 32.2. The highest BCUT2D eigenvalue weighted by Crippen LogP contribution is 2.55. The Labute approximate surface area is 482 Å². The van der Waals surface area contributed by atoms with Gasteiger partial charge in [-0.05, 0) is 113 Å². The predicted molar refractivity (Wildman–Crippen MR) is 312 cm³/mol. The van der Waals surface area contributed by atoms with Gasteiger partial charge in [-0.1, -0.05) is 36.4 Å². The zero-order valence-electron chi connectivity index (χ0n) is 46.9. The summed E-state index contributed by atoms with van der Waals surface area (Å²) in [5.41, 5.74) is 5.09. The Kier molecular flexibility index (Phi) is 14.1. The SMILES string of the molecule is CC(C)Oc1ccccc1[C@@H]1CN([C@@H]2CCOc3ccccc32)CCN1C1CC2(CCN(c3ccc(C(=O)NS(=O)(=O)c4cc5c(c([N+](=O)[O-])c4)N[C@H](C4CCOCC4)CO5)c(N4c5cc6cc[nH]c6nc5O[C@H]5COCC[C@@H]54)c3)CC2)C1. The summed E-state index contributed by atoms with van der Waals surface area (Å²) < 4.78 is 68.1. The quantitative estimate of drug-likeness (QED) is 0.0769. The first kappa shape index (κ1) is 53.8. The summed E-state index contributed by atoms with van der Waals surface area (Å²) >= 11 is 0. The van der Waals surface area contributed by atoms with E-state index in [1.807, 2.05) is 30.5 Å². The van der Waals surface area contributed by atoms with Crippen molar-refractivity contribution in [2.75, 3.05) is 87.5 Å². The lowest BCUT2D eigenvalue weighted by molar-refractivity contribution is -0.384. The van der Waals surface area contributed by atoms with E-state index in [1.165, 1.54) is 17.2 Å². The number of anilines is 4. The summed E-state index contributed by atoms with van der Waals surface area (Å²) in [6, 6.07) is 29.2. The minimum atomic E-state index is -4.72. The number of pyridine rings is 1. The number of hydrogen-bond donors (Lipinski definition) is 3. The number of carbonyl (C=O) groups excluding carboxylic acids is 1. The van der Waals surface area contributed by atoms with Gasteiger partial charge in [-0.3, -0.25) is 24.7 Å². The van der Waals surface area contributed by atoms with Gasteiger partial charge in [0.05, 0.1) is 58.5 Å². The summed E-state index contributed by atoms with van der Waals surface area (Å²) in [5.74, 6) is 1.59. The fourth-order valence-electron chi connectivity index (χ4n) is 14.7. The molecule has 1 saturated carbocycles. The lowest BCUT2D eigenvalue weighted by Crippen LogP contribution is -2.60. The number of sulfonamides is 1. The Morgan fingerprint density at radius 2 is 1.63 bits per heavy atom. The number of fused-ring (bicyclic) bond motifs is 5. The van der Waals surface area contributed by atoms with Gasteiger partial charge in [0, 0.05) is 112 Å². The van der Waals surface area contributed by atoms with Gasteiger partial charge in [0.25, 0.3) is 21.6 Å². The molecule has 20 nitrogen and oxygen atoms in total. The number of nitro groups is 1. The molecule has 2 aromatic heterocycles. The molecule has 0 unspecified atom stereocenters. The number of rotatable bonds is 12. The fourth-order valence-corrected chi connectivity index (χ4v) is 15.7. The zero-order chi connectivity index (χ0) is 56.6. The molecular formula is C62H71N9O11S. The topological polar surface area (TPSA) is 215 Å². The summed E-state index contributed by atoms with van der Waals surface area (Å²) in [6.07, 6.45) is 8.65. The molecule has 436 valence electrons. The first-order chi connectivity index (χ1) is 40.3. The van der Waals surface area contributed by atoms with Gasteiger partial charge in [0.2, 0.25) is 5.88 Å². The number of ether oxygens (including phenoxy) is 6. The molecule has 6 aromatic rings. The maximum Gasteiger partial charge on any atom is 0.297 e. The third-order valence-corrected chi connectivity index (χ3v) is 20.2. The summed E-state index contributed by atoms with van der Waals surface area (Å²) in [5, 5.41) is 16.7. The smallest absolute Gasteiger partial charge is 0.297 e. The lowest BCUT2D eigenvalue weighted by Gasteiger charge is -2.59. The number of H-pyrrole nitrogens is 1. The molecule has 9 heterocycles. The number of piperidine rings is 1. The maximum atomic E-state index is 15.0. The first-order valence-electron chi connectivity index (χ1n) is 29.6. The number of nitrogens with one attached hydrogen (secondary N) is 3. The molecule has 8 aliphatic rings. The second-order valence-corrected chi connectivity index (χ2v) is 25.8. The molecular weight excluding hydrogens is 1080 g/mol. The van der Waals surface area contributed by atoms with Gasteiger partial charge < -0.3 is 48.5 Å². The Balaban J connectivity index is 0.740. The van der Waals surface area contributed by atoms with Crippen molar-refractivity contribution in [2.24, 2.45) is 11.3 Å². The number of benzene rings is 4. The van der Waals surface area contributed by atoms with Crippen LogP contribution in [0.5, 0.6) is 23.1 Å². The van der Waals surface area contributed by atoms with Gasteiger partial charge >= 0.3 is 0 Å². The molecule has 14 rings (SSSR count). The summed E-state index contributed by atoms with van der Waals surface area (Å²) in [4.78, 5) is 44.5. The molecule has 1 amide bonds. The molecule has 1 aliphatic carbocycles. The van der Waals surface area contributed by atoms with Crippen LogP contribution in [0.1, 0.15) is 98.8 Å². The molecule has 4 aromatic carbocycles. The Bertz CT molecular complexity index is 3560. The molecule has 4 saturated heterocycles. The zero-order valence-corrected chi connectivity index (χ0v) is 47.7. The number of piperazine rings is 1. The second kappa shape index (κ2) is 21.8. The number of aromatic amines is 1. The van der Waals surface area contributed by atoms with Gasteiger partial charge in [0.1, 0.15) is 35.5 Å². The third kappa shape index (κ3) is 10.1. The van der Waals surface area contributed by atoms with E-state index in [-0.39, 0.29) is 65.2 Å². The largest absolute Gasteiger partial charge is 0.493 e. The van der Waals surface area contributed by atoms with Crippen molar-refractivity contribution in [3.05, 3.63) is 124 Å². The number of carbonyl (C=O) groups is 1. The Hall–Kier alpha value is -7.17. The van der Waals surface area contributed by atoms with E-state index in [0.29, 0.717) is 68.4 Å². The first-order valence-corrected chi connectivity index (χ1v) is 31.1. The summed E-state index contributed by atoms with van der Waals surface area (Å²) in [6.45, 7) is 11.4. The normalized spacial score (nSPS) is 24.7. The average Bonchev–Trinajstić information content (AvgIpc) is 4.15. The van der Waals surface area contributed by atoms with Crippen molar-refractivity contribution in [2.45, 2.75) is 113 Å². The molecule has 83 heavy (non-hydrogen) atoms. The van der Waals surface area contributed by atoms with E-state index < -0.39 is 37.5 Å². The van der Waals surface area contributed by atoms with Crippen LogP contribution in [0.3, 0.4) is 0 Å². The van der Waals surface area contributed by atoms with Crippen molar-refractivity contribution < 1.29 is 46.6 Å². The number of aromatic nitrogens is 2. The van der Waals surface area contributed by atoms with Crippen molar-refractivity contribution in [3.8, 4) is 23.1 Å². The number of nitro benzene ring substituents is 1. The van der Waals surface area contributed by atoms with Crippen molar-refractivity contribution in [1.82, 2.24) is 24.5 Å². The predicted octanol–water partition coefficient (Wildman–Crippen LogP) is 9.30. The molecule has 5 fully saturated rings. The summed E-state index contributed by atoms with van der Waals surface area (Å²) in [7, 11) is -4.72. The molecule has 5 atom stereocenters. The molecule has 0 radical (unpaired) electrons. The maximum absolute atomic E-state index is 15.0. The standard InChI is InChI=1S/C62H71N9O11S/c1-38(2)81-55-10-6-4-8-45(55)53-35-68(48-17-28-79-54-9-5-3-7-44(48)54)23-24-69(53)42-33-62(34-42)18-21-67(22-19-62)41-11-12-46(50(30-41)70-49-16-27-78-37-57(49)82-61-52(70)29-40-13-20-63-59(40)65-61)60(72)66-83(75,76)43-31-51(71(73)74)58-56(32-43)80-36-47(64-58)39-14-25-77-26-15-39/h3-13,20,29-32,38-39,42,47-49,53,57,64H,14-19,21-28,33-37H2,1-2H3,(H,63,65)(H,66,72)/t47-,48+,49-,53-,57-/m0/s1. The van der Waals surface area contributed by atoms with Gasteiger partial charge in [0.15, 0.2) is 11.4 Å². The van der Waals surface area contributed by atoms with Crippen LogP contribution < -0.4 is 38.8 Å². The third-order valence-electron chi connectivity index (χ3n) is 18.9. The van der Waals surface area contributed by atoms with E-state index >= 15 is 0 Å². The Morgan fingerprint density at radius 1 is 0.831 bits per heavy atom. The highest BCUT2D eigenvalue weighted by Gasteiger charge is 2.51. The van der Waals surface area contributed by atoms with Crippen LogP contribution in [0.25, 0.3) is 11.0 Å². The van der Waals surface area contributed by atoms with Crippen molar-refractivity contribution in [1.29, 1.82) is 0 Å². The van der Waals surface area contributed by atoms with Crippen LogP contribution in [0, 0.1) is 21.4 Å². The lowest BCUT2D eigenvalue weighted by atomic mass is 9.59. The van der Waals surface area contributed by atoms with Crippen LogP contribution in [-0.2, 0) is 19.5 Å². The Morgan fingerprint density at radius 3 is 2.45 bits per heavy atom. The average molecular weight is 1150 g/mol. The second-order valence-electron chi connectivity index (χ2n) is 24.1. The monoisotopic (exact) mass is 1150 g/mol. The van der Waals surface area contributed by atoms with Crippen LogP contribution >= 0.6 is 0 Å². The van der Waals surface area contributed by atoms with Gasteiger partial charge in [-0.15, -0.1) is 0 Å². The molecule has 21 heteroatoms. The molecule has 1 spiro atoms. The van der Waals surface area contributed by atoms with E-state index in [4.69, 9.17) is 33.4 Å². The fraction of sp³-hybridized carbons (Fsp3) is 0.484. The van der Waals surface area contributed by atoms with E-state index in [9.17, 15) is 23.3 Å². The van der Waals surface area contributed by atoms with Gasteiger partial charge in [-0.25, -0.2) is 13.1 Å². The van der Waals surface area contributed by atoms with Crippen LogP contribution in [-0.4, -0.2) is 142 Å². The molecule has 3 N–H and O–H groups in total. The molecule has 0 bridgehead atoms. The number of hydrogen-bond acceptors (Lipinski definition) is 17. The minimum absolute atomic E-state index is 0.0260. The van der Waals surface area contributed by atoms with Crippen molar-refractivity contribution >= 4 is 55.4 Å². The number of para-hydroxylation sites is 2. The molecule has 7 aliphatic heterocycles. The van der Waals surface area contributed by atoms with E-state index in [2.05, 4.69) is 97.0 Å². The van der Waals surface area contributed by atoms with Crippen LogP contribution in [0.2, 0.25) is 0 Å². The van der Waals surface area contributed by atoms with E-state index in [1.54, 1.807) is 6.07 Å². The van der Waals surface area contributed by atoms with Crippen LogP contribution in [0.15, 0.2) is 102 Å². The number of amides is 1. The van der Waals surface area contributed by atoms with E-state index in [0.717, 1.165) is 106 Å². The van der Waals surface area contributed by atoms with Crippen LogP contribution in [0.4, 0.5) is 28.4 Å². The number of nitrogens with zero attached hydrogens (tertiary/aromatic N) is 6. The highest BCUT2D eigenvalue weighted by molar-refractivity contribution is 7.90. The van der Waals surface area contributed by atoms with Crippen molar-refractivity contribution in [3.63, 3.8) is 0 Å². The van der Waals surface area contributed by atoms with Gasteiger partial charge in [-0.2, -0.15) is 4.98 Å². The minimum Gasteiger partial charge on any atom is -0.493 e.